The fraction of sp³-hybridized carbons (Fsp3) is 0.393. The SMILES string of the molecule is CN1CCN(C(=O)C2=Cc3cc(N4CC[C@](O)(C(=O)CCc5cc(F)cc(Cl)c5)C4=O)ccc3C2)CC1. The molecule has 0 aromatic heterocycles. The molecule has 1 atom stereocenters. The first-order chi connectivity index (χ1) is 17.6. The van der Waals surface area contributed by atoms with E-state index in [2.05, 4.69) is 4.90 Å². The first-order valence-electron chi connectivity index (χ1n) is 12.5. The van der Waals surface area contributed by atoms with Crippen LogP contribution in [-0.4, -0.2) is 77.9 Å². The second kappa shape index (κ2) is 10.0. The van der Waals surface area contributed by atoms with E-state index in [0.29, 0.717) is 30.8 Å². The molecule has 5 rings (SSSR count). The van der Waals surface area contributed by atoms with Gasteiger partial charge in [0.05, 0.1) is 0 Å². The molecule has 37 heavy (non-hydrogen) atoms. The average molecular weight is 526 g/mol. The Kier molecular flexibility index (Phi) is 6.91. The summed E-state index contributed by atoms with van der Waals surface area (Å²) in [6.45, 7) is 3.31. The van der Waals surface area contributed by atoms with E-state index in [9.17, 15) is 23.9 Å². The van der Waals surface area contributed by atoms with E-state index < -0.39 is 23.1 Å². The topological polar surface area (TPSA) is 81.2 Å². The third-order valence-electron chi connectivity index (χ3n) is 7.54. The van der Waals surface area contributed by atoms with E-state index in [4.69, 9.17) is 11.6 Å². The number of piperazine rings is 1. The van der Waals surface area contributed by atoms with E-state index in [1.165, 1.54) is 17.0 Å². The second-order valence-corrected chi connectivity index (χ2v) is 10.5. The number of carbonyl (C=O) groups excluding carboxylic acids is 3. The van der Waals surface area contributed by atoms with Crippen LogP contribution in [0.25, 0.3) is 6.08 Å². The molecule has 1 N–H and O–H groups in total. The first kappa shape index (κ1) is 25.6. The van der Waals surface area contributed by atoms with Crippen molar-refractivity contribution in [1.29, 1.82) is 0 Å². The molecular formula is C28H29ClFN3O4. The zero-order valence-corrected chi connectivity index (χ0v) is 21.4. The van der Waals surface area contributed by atoms with Gasteiger partial charge in [-0.05, 0) is 66.6 Å². The van der Waals surface area contributed by atoms with Crippen molar-refractivity contribution in [3.05, 3.63) is 69.5 Å². The minimum atomic E-state index is -2.12. The number of anilines is 1. The Bertz CT molecular complexity index is 1280. The molecule has 0 bridgehead atoms. The van der Waals surface area contributed by atoms with Crippen LogP contribution in [-0.2, 0) is 27.2 Å². The molecular weight excluding hydrogens is 497 g/mol. The fourth-order valence-electron chi connectivity index (χ4n) is 5.27. The van der Waals surface area contributed by atoms with Crippen LogP contribution in [0.1, 0.15) is 29.5 Å². The number of amides is 2. The van der Waals surface area contributed by atoms with Crippen molar-refractivity contribution in [3.63, 3.8) is 0 Å². The molecule has 2 aromatic rings. The Balaban J connectivity index is 1.26. The minimum Gasteiger partial charge on any atom is -0.373 e. The Morgan fingerprint density at radius 1 is 1.08 bits per heavy atom. The highest BCUT2D eigenvalue weighted by atomic mass is 35.5. The maximum absolute atomic E-state index is 13.6. The van der Waals surface area contributed by atoms with E-state index >= 15 is 0 Å². The van der Waals surface area contributed by atoms with Gasteiger partial charge in [0.15, 0.2) is 5.78 Å². The number of carbonyl (C=O) groups is 3. The maximum Gasteiger partial charge on any atom is 0.266 e. The summed E-state index contributed by atoms with van der Waals surface area (Å²) in [5.41, 5.74) is 1.59. The Labute approximate surface area is 220 Å². The lowest BCUT2D eigenvalue weighted by Crippen LogP contribution is -2.47. The van der Waals surface area contributed by atoms with E-state index in [1.54, 1.807) is 12.1 Å². The summed E-state index contributed by atoms with van der Waals surface area (Å²) < 4.78 is 13.6. The molecule has 0 spiro atoms. The number of Topliss-reactive ketones (excluding diaryl/α,β-unsaturated/α-hetero) is 1. The molecule has 2 aliphatic heterocycles. The molecule has 3 aliphatic rings. The number of hydrogen-bond acceptors (Lipinski definition) is 5. The number of aliphatic hydroxyl groups is 1. The van der Waals surface area contributed by atoms with Gasteiger partial charge in [0.2, 0.25) is 11.5 Å². The Morgan fingerprint density at radius 2 is 1.84 bits per heavy atom. The summed E-state index contributed by atoms with van der Waals surface area (Å²) >= 11 is 5.88. The predicted octanol–water partition coefficient (Wildman–Crippen LogP) is 2.86. The number of aryl methyl sites for hydroxylation is 1. The smallest absolute Gasteiger partial charge is 0.266 e. The molecule has 2 aromatic carbocycles. The number of benzene rings is 2. The molecule has 0 saturated carbocycles. The molecule has 7 nitrogen and oxygen atoms in total. The summed E-state index contributed by atoms with van der Waals surface area (Å²) in [7, 11) is 2.04. The Hall–Kier alpha value is -3.07. The van der Waals surface area contributed by atoms with Crippen LogP contribution in [0.3, 0.4) is 0 Å². The van der Waals surface area contributed by atoms with Gasteiger partial charge in [-0.1, -0.05) is 17.7 Å². The first-order valence-corrected chi connectivity index (χ1v) is 12.9. The second-order valence-electron chi connectivity index (χ2n) is 10.1. The van der Waals surface area contributed by atoms with E-state index in [-0.39, 0.29) is 36.7 Å². The number of fused-ring (bicyclic) bond motifs is 1. The Morgan fingerprint density at radius 3 is 2.57 bits per heavy atom. The van der Waals surface area contributed by atoms with Crippen molar-refractivity contribution in [2.45, 2.75) is 31.3 Å². The molecule has 2 amide bonds. The third-order valence-corrected chi connectivity index (χ3v) is 7.76. The highest BCUT2D eigenvalue weighted by molar-refractivity contribution is 6.30. The standard InChI is InChI=1S/C28H29ClFN3O4/c1-31-8-10-32(11-9-31)26(35)21-14-19-3-4-24(16-20(19)15-21)33-7-6-28(37,27(33)36)25(34)5-2-18-12-22(29)17-23(30)13-18/h3-4,12-13,15-17,37H,2,5-11,14H2,1H3/t28-/m0/s1. The summed E-state index contributed by atoms with van der Waals surface area (Å²) in [5, 5.41) is 11.2. The quantitative estimate of drug-likeness (QED) is 0.587. The lowest BCUT2D eigenvalue weighted by Gasteiger charge is -2.32. The number of hydrogen-bond donors (Lipinski definition) is 1. The molecule has 2 saturated heterocycles. The summed E-state index contributed by atoms with van der Waals surface area (Å²) in [6, 6.07) is 9.54. The average Bonchev–Trinajstić information content (AvgIpc) is 3.43. The van der Waals surface area contributed by atoms with E-state index in [1.807, 2.05) is 30.2 Å². The summed E-state index contributed by atoms with van der Waals surface area (Å²) in [5.74, 6) is -1.72. The molecule has 1 aliphatic carbocycles. The van der Waals surface area contributed by atoms with Crippen molar-refractivity contribution >= 4 is 41.0 Å². The van der Waals surface area contributed by atoms with Crippen LogP contribution >= 0.6 is 11.6 Å². The van der Waals surface area contributed by atoms with Gasteiger partial charge in [-0.3, -0.25) is 14.4 Å². The van der Waals surface area contributed by atoms with Gasteiger partial charge >= 0.3 is 0 Å². The third kappa shape index (κ3) is 5.06. The maximum atomic E-state index is 13.6. The van der Waals surface area contributed by atoms with Crippen LogP contribution in [0, 0.1) is 5.82 Å². The van der Waals surface area contributed by atoms with Crippen molar-refractivity contribution in [1.82, 2.24) is 9.80 Å². The van der Waals surface area contributed by atoms with Gasteiger partial charge in [-0.15, -0.1) is 0 Å². The van der Waals surface area contributed by atoms with Gasteiger partial charge in [0, 0.05) is 68.3 Å². The molecule has 0 radical (unpaired) electrons. The molecule has 194 valence electrons. The minimum absolute atomic E-state index is 0.0192. The summed E-state index contributed by atoms with van der Waals surface area (Å²) in [6.07, 6.45) is 2.46. The van der Waals surface area contributed by atoms with Crippen molar-refractivity contribution in [2.75, 3.05) is 44.7 Å². The molecule has 9 heteroatoms. The van der Waals surface area contributed by atoms with Gasteiger partial charge in [-0.25, -0.2) is 4.39 Å². The number of rotatable bonds is 6. The van der Waals surface area contributed by atoms with Crippen LogP contribution in [0.5, 0.6) is 0 Å². The number of ketones is 1. The highest BCUT2D eigenvalue weighted by Gasteiger charge is 2.50. The number of likely N-dealkylation sites (N-methyl/N-ethyl adjacent to an activating group) is 1. The van der Waals surface area contributed by atoms with Gasteiger partial charge < -0.3 is 19.8 Å². The molecule has 0 unspecified atom stereocenters. The zero-order valence-electron chi connectivity index (χ0n) is 20.7. The van der Waals surface area contributed by atoms with Gasteiger partial charge in [-0.2, -0.15) is 0 Å². The largest absolute Gasteiger partial charge is 0.373 e. The fourth-order valence-corrected chi connectivity index (χ4v) is 5.51. The number of nitrogens with zero attached hydrogens (tertiary/aromatic N) is 3. The van der Waals surface area contributed by atoms with E-state index in [0.717, 1.165) is 29.8 Å². The van der Waals surface area contributed by atoms with Crippen LogP contribution in [0.15, 0.2) is 42.0 Å². The lowest BCUT2D eigenvalue weighted by molar-refractivity contribution is -0.147. The number of halogens is 2. The van der Waals surface area contributed by atoms with Gasteiger partial charge in [0.1, 0.15) is 5.82 Å². The normalized spacial score (nSPS) is 21.8. The van der Waals surface area contributed by atoms with Crippen molar-refractivity contribution < 1.29 is 23.9 Å². The van der Waals surface area contributed by atoms with Crippen LogP contribution < -0.4 is 4.90 Å². The monoisotopic (exact) mass is 525 g/mol. The van der Waals surface area contributed by atoms with Crippen LogP contribution in [0.4, 0.5) is 10.1 Å². The van der Waals surface area contributed by atoms with Gasteiger partial charge in [0.25, 0.3) is 5.91 Å². The van der Waals surface area contributed by atoms with Crippen molar-refractivity contribution in [2.24, 2.45) is 0 Å². The molecule has 2 fully saturated rings. The zero-order chi connectivity index (χ0) is 26.3. The molecule has 2 heterocycles. The highest BCUT2D eigenvalue weighted by Crippen LogP contribution is 2.34. The van der Waals surface area contributed by atoms with Crippen molar-refractivity contribution in [3.8, 4) is 0 Å². The van der Waals surface area contributed by atoms with Crippen LogP contribution in [0.2, 0.25) is 5.02 Å². The predicted molar refractivity (Wildman–Crippen MR) is 139 cm³/mol. The summed E-state index contributed by atoms with van der Waals surface area (Å²) in [4.78, 5) is 44.6. The lowest BCUT2D eigenvalue weighted by atomic mass is 9.92.